The Morgan fingerprint density at radius 1 is 1.15 bits per heavy atom. The average Bonchev–Trinajstić information content (AvgIpc) is 3.18. The third-order valence-electron chi connectivity index (χ3n) is 4.23. The molecule has 2 aromatic rings. The normalized spacial score (nSPS) is 13.5. The molecule has 4 nitrogen and oxygen atoms in total. The molecule has 0 aliphatic carbocycles. The van der Waals surface area contributed by atoms with Crippen LogP contribution in [0.15, 0.2) is 46.1 Å². The van der Waals surface area contributed by atoms with Crippen LogP contribution in [0, 0.1) is 0 Å². The van der Waals surface area contributed by atoms with E-state index in [2.05, 4.69) is 54.3 Å². The van der Waals surface area contributed by atoms with Crippen molar-refractivity contribution in [1.29, 1.82) is 0 Å². The molecule has 6 heteroatoms. The number of hydrogen-bond acceptors (Lipinski definition) is 3. The lowest BCUT2D eigenvalue weighted by molar-refractivity contribution is 0.407. The van der Waals surface area contributed by atoms with E-state index in [0.29, 0.717) is 18.4 Å². The molecule has 0 radical (unpaired) electrons. The Morgan fingerprint density at radius 2 is 1.92 bits per heavy atom. The summed E-state index contributed by atoms with van der Waals surface area (Å²) in [6.07, 6.45) is 0. The monoisotopic (exact) mass is 487 g/mol. The van der Waals surface area contributed by atoms with E-state index in [4.69, 9.17) is 9.73 Å². The Hall–Kier alpha value is -1.28. The first-order chi connectivity index (χ1) is 12.2. The number of guanidine groups is 1. The van der Waals surface area contributed by atoms with Crippen LogP contribution in [0.5, 0.6) is 5.75 Å². The summed E-state index contributed by atoms with van der Waals surface area (Å²) >= 11 is 1.74. The van der Waals surface area contributed by atoms with Gasteiger partial charge >= 0.3 is 0 Å². The van der Waals surface area contributed by atoms with Gasteiger partial charge in [0.25, 0.3) is 0 Å². The lowest BCUT2D eigenvalue weighted by Gasteiger charge is -2.17. The van der Waals surface area contributed by atoms with Gasteiger partial charge in [-0.15, -0.1) is 24.0 Å². The molecule has 0 fully saturated rings. The fraction of sp³-hybridized carbons (Fsp3) is 0.450. The van der Waals surface area contributed by atoms with Gasteiger partial charge in [-0.1, -0.05) is 32.0 Å². The van der Waals surface area contributed by atoms with Gasteiger partial charge in [-0.3, -0.25) is 4.99 Å². The highest BCUT2D eigenvalue weighted by molar-refractivity contribution is 14.0. The molecule has 1 aromatic heterocycles. The number of benzene rings is 1. The van der Waals surface area contributed by atoms with Gasteiger partial charge in [0.15, 0.2) is 5.96 Å². The lowest BCUT2D eigenvalue weighted by Crippen LogP contribution is -2.39. The molecule has 0 saturated heterocycles. The van der Waals surface area contributed by atoms with Gasteiger partial charge in [-0.2, -0.15) is 11.3 Å². The predicted molar refractivity (Wildman–Crippen MR) is 124 cm³/mol. The van der Waals surface area contributed by atoms with E-state index >= 15 is 0 Å². The first-order valence-corrected chi connectivity index (χ1v) is 9.77. The van der Waals surface area contributed by atoms with Crippen LogP contribution in [0.3, 0.4) is 0 Å². The molecule has 2 rings (SSSR count). The minimum atomic E-state index is 0. The first kappa shape index (κ1) is 22.8. The number of hydrogen-bond donors (Lipinski definition) is 2. The number of methoxy groups -OCH3 is 1. The standard InChI is InChI=1S/C20H29N3OS.HI/c1-5-21-20(22-12-15(2)17-10-11-25-14-17)23-13-16(3)18-8-6-7-9-19(18)24-4;/h6-11,14-16H,5,12-13H2,1-4H3,(H2,21,22,23);1H. The minimum absolute atomic E-state index is 0. The van der Waals surface area contributed by atoms with Crippen molar-refractivity contribution in [3.63, 3.8) is 0 Å². The number of thiophene rings is 1. The fourth-order valence-corrected chi connectivity index (χ4v) is 3.45. The number of nitrogens with one attached hydrogen (secondary N) is 2. The second kappa shape index (κ2) is 12.2. The molecule has 0 bridgehead atoms. The average molecular weight is 487 g/mol. The molecular formula is C20H30IN3OS. The molecule has 0 saturated carbocycles. The van der Waals surface area contributed by atoms with Gasteiger partial charge in [0.2, 0.25) is 0 Å². The number of para-hydroxylation sites is 1. The summed E-state index contributed by atoms with van der Waals surface area (Å²) in [6.45, 7) is 8.92. The smallest absolute Gasteiger partial charge is 0.191 e. The van der Waals surface area contributed by atoms with Crippen LogP contribution >= 0.6 is 35.3 Å². The molecular weight excluding hydrogens is 457 g/mol. The van der Waals surface area contributed by atoms with Crippen LogP contribution in [-0.2, 0) is 0 Å². The third kappa shape index (κ3) is 6.79. The van der Waals surface area contributed by atoms with Crippen molar-refractivity contribution in [1.82, 2.24) is 10.6 Å². The molecule has 2 atom stereocenters. The second-order valence-corrected chi connectivity index (χ2v) is 6.98. The lowest BCUT2D eigenvalue weighted by atomic mass is 10.0. The summed E-state index contributed by atoms with van der Waals surface area (Å²) in [7, 11) is 1.71. The Kier molecular flexibility index (Phi) is 10.7. The molecule has 0 amide bonds. The maximum absolute atomic E-state index is 5.46. The fourth-order valence-electron chi connectivity index (χ4n) is 2.66. The Labute approximate surface area is 178 Å². The zero-order valence-electron chi connectivity index (χ0n) is 16.0. The maximum atomic E-state index is 5.46. The van der Waals surface area contributed by atoms with Crippen LogP contribution in [0.4, 0.5) is 0 Å². The number of aliphatic imine (C=N–C) groups is 1. The van der Waals surface area contributed by atoms with Crippen LogP contribution in [0.2, 0.25) is 0 Å². The quantitative estimate of drug-likeness (QED) is 0.318. The van der Waals surface area contributed by atoms with E-state index in [9.17, 15) is 0 Å². The number of nitrogens with zero attached hydrogens (tertiary/aromatic N) is 1. The van der Waals surface area contributed by atoms with Crippen molar-refractivity contribution < 1.29 is 4.74 Å². The molecule has 1 heterocycles. The molecule has 2 N–H and O–H groups in total. The minimum Gasteiger partial charge on any atom is -0.496 e. The molecule has 26 heavy (non-hydrogen) atoms. The Bertz CT molecular complexity index is 661. The second-order valence-electron chi connectivity index (χ2n) is 6.20. The van der Waals surface area contributed by atoms with Gasteiger partial charge in [0, 0.05) is 25.6 Å². The van der Waals surface area contributed by atoms with Crippen molar-refractivity contribution in [3.05, 3.63) is 52.2 Å². The SMILES string of the molecule is CCNC(=NCC(C)c1ccccc1OC)NCC(C)c1ccsc1.I. The molecule has 0 aliphatic rings. The molecule has 144 valence electrons. The molecule has 0 aliphatic heterocycles. The Morgan fingerprint density at radius 3 is 2.58 bits per heavy atom. The van der Waals surface area contributed by atoms with Crippen LogP contribution < -0.4 is 15.4 Å². The van der Waals surface area contributed by atoms with E-state index in [1.54, 1.807) is 18.4 Å². The van der Waals surface area contributed by atoms with Gasteiger partial charge in [0.05, 0.1) is 7.11 Å². The number of ether oxygens (including phenoxy) is 1. The van der Waals surface area contributed by atoms with Crippen LogP contribution in [0.1, 0.15) is 43.7 Å². The summed E-state index contributed by atoms with van der Waals surface area (Å²) in [5.74, 6) is 2.54. The van der Waals surface area contributed by atoms with E-state index in [1.807, 2.05) is 18.2 Å². The molecule has 1 aromatic carbocycles. The molecule has 2 unspecified atom stereocenters. The van der Waals surface area contributed by atoms with Gasteiger partial charge in [-0.05, 0) is 46.9 Å². The van der Waals surface area contributed by atoms with E-state index < -0.39 is 0 Å². The Balaban J connectivity index is 0.00000338. The summed E-state index contributed by atoms with van der Waals surface area (Å²) in [5, 5.41) is 11.1. The van der Waals surface area contributed by atoms with Gasteiger partial charge < -0.3 is 15.4 Å². The summed E-state index contributed by atoms with van der Waals surface area (Å²) < 4.78 is 5.46. The van der Waals surface area contributed by atoms with Crippen LogP contribution in [0.25, 0.3) is 0 Å². The van der Waals surface area contributed by atoms with Gasteiger partial charge in [0.1, 0.15) is 5.75 Å². The maximum Gasteiger partial charge on any atom is 0.191 e. The summed E-state index contributed by atoms with van der Waals surface area (Å²) in [5.41, 5.74) is 2.56. The molecule has 0 spiro atoms. The highest BCUT2D eigenvalue weighted by Crippen LogP contribution is 2.26. The number of halogens is 1. The van der Waals surface area contributed by atoms with Crippen molar-refractivity contribution >= 4 is 41.3 Å². The predicted octanol–water partition coefficient (Wildman–Crippen LogP) is 4.84. The van der Waals surface area contributed by atoms with Crippen molar-refractivity contribution in [3.8, 4) is 5.75 Å². The highest BCUT2D eigenvalue weighted by Gasteiger charge is 2.11. The van der Waals surface area contributed by atoms with Crippen molar-refractivity contribution in [2.45, 2.75) is 32.6 Å². The van der Waals surface area contributed by atoms with E-state index in [0.717, 1.165) is 24.8 Å². The first-order valence-electron chi connectivity index (χ1n) is 8.82. The van der Waals surface area contributed by atoms with E-state index in [-0.39, 0.29) is 24.0 Å². The third-order valence-corrected chi connectivity index (χ3v) is 4.93. The zero-order valence-corrected chi connectivity index (χ0v) is 19.1. The topological polar surface area (TPSA) is 45.7 Å². The summed E-state index contributed by atoms with van der Waals surface area (Å²) in [4.78, 5) is 4.76. The zero-order chi connectivity index (χ0) is 18.1. The van der Waals surface area contributed by atoms with Gasteiger partial charge in [-0.25, -0.2) is 0 Å². The van der Waals surface area contributed by atoms with Crippen LogP contribution in [-0.4, -0.2) is 32.7 Å². The largest absolute Gasteiger partial charge is 0.496 e. The van der Waals surface area contributed by atoms with Crippen molar-refractivity contribution in [2.75, 3.05) is 26.7 Å². The van der Waals surface area contributed by atoms with Crippen molar-refractivity contribution in [2.24, 2.45) is 4.99 Å². The highest BCUT2D eigenvalue weighted by atomic mass is 127. The summed E-state index contributed by atoms with van der Waals surface area (Å²) in [6, 6.07) is 10.3. The van der Waals surface area contributed by atoms with E-state index in [1.165, 1.54) is 11.1 Å². The number of rotatable bonds is 8.